The zero-order valence-corrected chi connectivity index (χ0v) is 13.4. The molecule has 2 unspecified atom stereocenters. The summed E-state index contributed by atoms with van der Waals surface area (Å²) in [5.41, 5.74) is 1.04. The lowest BCUT2D eigenvalue weighted by molar-refractivity contribution is -0.121. The Bertz CT molecular complexity index is 428. The van der Waals surface area contributed by atoms with Crippen LogP contribution in [0, 0.1) is 0 Å². The fourth-order valence-electron chi connectivity index (χ4n) is 2.36. The van der Waals surface area contributed by atoms with Gasteiger partial charge in [0.25, 0.3) is 0 Å². The summed E-state index contributed by atoms with van der Waals surface area (Å²) in [6.07, 6.45) is 2.48. The molecule has 1 fully saturated rings. The minimum Gasteiger partial charge on any atom is -0.353 e. The predicted octanol–water partition coefficient (Wildman–Crippen LogP) is 2.67. The number of nitrogens with one attached hydrogen (secondary N) is 2. The molecule has 1 aromatic carbocycles. The van der Waals surface area contributed by atoms with Crippen molar-refractivity contribution >= 4 is 34.2 Å². The molecule has 2 N–H and O–H groups in total. The third kappa shape index (κ3) is 5.13. The van der Waals surface area contributed by atoms with Crippen LogP contribution in [0.15, 0.2) is 28.7 Å². The van der Waals surface area contributed by atoms with Gasteiger partial charge >= 0.3 is 0 Å². The van der Waals surface area contributed by atoms with Crippen molar-refractivity contribution in [3.63, 3.8) is 0 Å². The molecule has 5 heteroatoms. The normalized spacial score (nSPS) is 22.4. The van der Waals surface area contributed by atoms with Gasteiger partial charge in [-0.1, -0.05) is 34.1 Å². The highest BCUT2D eigenvalue weighted by atomic mass is 79.9. The Morgan fingerprint density at radius 1 is 1.47 bits per heavy atom. The molecule has 3 nitrogen and oxygen atoms in total. The van der Waals surface area contributed by atoms with Crippen LogP contribution in [0.3, 0.4) is 0 Å². The molecule has 0 spiro atoms. The molecule has 19 heavy (non-hydrogen) atoms. The summed E-state index contributed by atoms with van der Waals surface area (Å²) in [5.74, 6) is 0.112. The maximum atomic E-state index is 12.0. The van der Waals surface area contributed by atoms with Crippen LogP contribution >= 0.6 is 28.3 Å². The molecular formula is C14H20BrClN2O. The molecule has 1 aromatic rings. The van der Waals surface area contributed by atoms with Crippen molar-refractivity contribution in [2.75, 3.05) is 6.54 Å². The molecule has 1 aliphatic rings. The lowest BCUT2D eigenvalue weighted by atomic mass is 10.0. The van der Waals surface area contributed by atoms with Gasteiger partial charge in [-0.2, -0.15) is 0 Å². The number of amides is 1. The number of hydrogen-bond acceptors (Lipinski definition) is 2. The highest BCUT2D eigenvalue weighted by molar-refractivity contribution is 9.10. The van der Waals surface area contributed by atoms with Crippen LogP contribution in [0.25, 0.3) is 0 Å². The molecular weight excluding hydrogens is 328 g/mol. The monoisotopic (exact) mass is 346 g/mol. The predicted molar refractivity (Wildman–Crippen MR) is 83.7 cm³/mol. The minimum absolute atomic E-state index is 0. The zero-order valence-electron chi connectivity index (χ0n) is 11.0. The maximum absolute atomic E-state index is 12.0. The number of carbonyl (C=O) groups excluding carboxylic acids is 1. The van der Waals surface area contributed by atoms with E-state index in [9.17, 15) is 4.79 Å². The van der Waals surface area contributed by atoms with Crippen molar-refractivity contribution < 1.29 is 4.79 Å². The van der Waals surface area contributed by atoms with Gasteiger partial charge in [0, 0.05) is 16.6 Å². The first kappa shape index (κ1) is 16.5. The average molecular weight is 348 g/mol. The van der Waals surface area contributed by atoms with Crippen LogP contribution in [-0.2, 0) is 11.2 Å². The van der Waals surface area contributed by atoms with Crippen molar-refractivity contribution in [1.29, 1.82) is 0 Å². The van der Waals surface area contributed by atoms with Gasteiger partial charge in [-0.25, -0.2) is 0 Å². The molecule has 1 saturated heterocycles. The summed E-state index contributed by atoms with van der Waals surface area (Å²) in [7, 11) is 0. The third-order valence-corrected chi connectivity index (χ3v) is 4.07. The molecule has 1 aliphatic heterocycles. The van der Waals surface area contributed by atoms with E-state index in [4.69, 9.17) is 0 Å². The molecule has 106 valence electrons. The molecule has 0 saturated carbocycles. The van der Waals surface area contributed by atoms with E-state index in [0.717, 1.165) is 29.4 Å². The molecule has 0 aliphatic carbocycles. The first-order chi connectivity index (χ1) is 8.65. The Morgan fingerprint density at radius 3 is 2.89 bits per heavy atom. The number of piperidine rings is 1. The van der Waals surface area contributed by atoms with Gasteiger partial charge in [0.2, 0.25) is 5.91 Å². The van der Waals surface area contributed by atoms with Gasteiger partial charge in [-0.05, 0) is 37.9 Å². The largest absolute Gasteiger partial charge is 0.353 e. The molecule has 2 rings (SSSR count). The van der Waals surface area contributed by atoms with Crippen molar-refractivity contribution in [3.05, 3.63) is 34.3 Å². The summed E-state index contributed by atoms with van der Waals surface area (Å²) < 4.78 is 0.999. The van der Waals surface area contributed by atoms with Crippen LogP contribution in [-0.4, -0.2) is 24.5 Å². The fraction of sp³-hybridized carbons (Fsp3) is 0.500. The fourth-order valence-corrected chi connectivity index (χ4v) is 2.78. The first-order valence-corrected chi connectivity index (χ1v) is 7.20. The van der Waals surface area contributed by atoms with Gasteiger partial charge in [-0.15, -0.1) is 12.4 Å². The number of benzene rings is 1. The molecule has 2 atom stereocenters. The van der Waals surface area contributed by atoms with Gasteiger partial charge < -0.3 is 10.6 Å². The Balaban J connectivity index is 0.00000180. The van der Waals surface area contributed by atoms with E-state index < -0.39 is 0 Å². The van der Waals surface area contributed by atoms with Crippen LogP contribution in [0.1, 0.15) is 25.3 Å². The number of carbonyl (C=O) groups is 1. The zero-order chi connectivity index (χ0) is 13.0. The van der Waals surface area contributed by atoms with Crippen molar-refractivity contribution in [1.82, 2.24) is 10.6 Å². The number of hydrogen-bond donors (Lipinski definition) is 2. The second-order valence-electron chi connectivity index (χ2n) is 4.91. The Hall–Kier alpha value is -0.580. The molecule has 0 bridgehead atoms. The van der Waals surface area contributed by atoms with Gasteiger partial charge in [0.05, 0.1) is 6.42 Å². The van der Waals surface area contributed by atoms with E-state index in [1.807, 2.05) is 24.3 Å². The standard InChI is InChI=1S/C14H19BrN2O.ClH/c1-10-8-12(6-7-16-10)17-14(18)9-11-4-2-3-5-13(11)15;/h2-5,10,12,16H,6-9H2,1H3,(H,17,18);1H. The SMILES string of the molecule is CC1CC(NC(=O)Cc2ccccc2Br)CCN1.Cl. The molecule has 0 radical (unpaired) electrons. The lowest BCUT2D eigenvalue weighted by Gasteiger charge is -2.28. The Morgan fingerprint density at radius 2 is 2.21 bits per heavy atom. The van der Waals surface area contributed by atoms with Crippen LogP contribution in [0.2, 0.25) is 0 Å². The second-order valence-corrected chi connectivity index (χ2v) is 5.77. The highest BCUT2D eigenvalue weighted by Gasteiger charge is 2.20. The summed E-state index contributed by atoms with van der Waals surface area (Å²) >= 11 is 3.47. The summed E-state index contributed by atoms with van der Waals surface area (Å²) in [6, 6.07) is 8.67. The Kier molecular flexibility index (Phi) is 6.83. The number of halogens is 2. The van der Waals surface area contributed by atoms with E-state index in [1.165, 1.54) is 0 Å². The van der Waals surface area contributed by atoms with Crippen molar-refractivity contribution in [3.8, 4) is 0 Å². The van der Waals surface area contributed by atoms with Gasteiger partial charge in [0.15, 0.2) is 0 Å². The number of rotatable bonds is 3. The minimum atomic E-state index is 0. The van der Waals surface area contributed by atoms with Gasteiger partial charge in [0.1, 0.15) is 0 Å². The average Bonchev–Trinajstić information content (AvgIpc) is 2.32. The van der Waals surface area contributed by atoms with E-state index in [1.54, 1.807) is 0 Å². The van der Waals surface area contributed by atoms with E-state index in [0.29, 0.717) is 18.5 Å². The lowest BCUT2D eigenvalue weighted by Crippen LogP contribution is -2.46. The van der Waals surface area contributed by atoms with Crippen LogP contribution in [0.4, 0.5) is 0 Å². The summed E-state index contributed by atoms with van der Waals surface area (Å²) in [6.45, 7) is 3.15. The molecule has 1 amide bonds. The summed E-state index contributed by atoms with van der Waals surface area (Å²) in [4.78, 5) is 12.0. The Labute approximate surface area is 129 Å². The highest BCUT2D eigenvalue weighted by Crippen LogP contribution is 2.16. The molecule has 0 aromatic heterocycles. The van der Waals surface area contributed by atoms with E-state index >= 15 is 0 Å². The first-order valence-electron chi connectivity index (χ1n) is 6.41. The summed E-state index contributed by atoms with van der Waals surface area (Å²) in [5, 5.41) is 6.51. The van der Waals surface area contributed by atoms with Gasteiger partial charge in [-0.3, -0.25) is 4.79 Å². The second kappa shape index (κ2) is 7.88. The maximum Gasteiger partial charge on any atom is 0.224 e. The van der Waals surface area contributed by atoms with Crippen molar-refractivity contribution in [2.24, 2.45) is 0 Å². The smallest absolute Gasteiger partial charge is 0.224 e. The third-order valence-electron chi connectivity index (χ3n) is 3.30. The van der Waals surface area contributed by atoms with Crippen molar-refractivity contribution in [2.45, 2.75) is 38.3 Å². The van der Waals surface area contributed by atoms with Crippen LogP contribution < -0.4 is 10.6 Å². The van der Waals surface area contributed by atoms with E-state index in [2.05, 4.69) is 33.5 Å². The molecule has 1 heterocycles. The quantitative estimate of drug-likeness (QED) is 0.882. The van der Waals surface area contributed by atoms with E-state index in [-0.39, 0.29) is 18.3 Å². The topological polar surface area (TPSA) is 41.1 Å². The van der Waals surface area contributed by atoms with Crippen LogP contribution in [0.5, 0.6) is 0 Å².